The third-order valence-electron chi connectivity index (χ3n) is 4.14. The maximum absolute atomic E-state index is 5.21. The van der Waals surface area contributed by atoms with Crippen LogP contribution in [0.25, 0.3) is 0 Å². The van der Waals surface area contributed by atoms with E-state index >= 15 is 0 Å². The van der Waals surface area contributed by atoms with Crippen LogP contribution in [0.1, 0.15) is 50.5 Å². The average Bonchev–Trinajstić information content (AvgIpc) is 2.46. The summed E-state index contributed by atoms with van der Waals surface area (Å²) in [4.78, 5) is 0. The van der Waals surface area contributed by atoms with Crippen molar-refractivity contribution in [3.05, 3.63) is 42.0 Å². The van der Waals surface area contributed by atoms with Gasteiger partial charge < -0.3 is 4.74 Å². The quantitative estimate of drug-likeness (QED) is 0.682. The van der Waals surface area contributed by atoms with Crippen molar-refractivity contribution < 1.29 is 4.74 Å². The van der Waals surface area contributed by atoms with Crippen LogP contribution in [-0.4, -0.2) is 7.11 Å². The van der Waals surface area contributed by atoms with Gasteiger partial charge in [-0.05, 0) is 68.6 Å². The summed E-state index contributed by atoms with van der Waals surface area (Å²) in [7, 11) is 1.72. The van der Waals surface area contributed by atoms with Gasteiger partial charge in [0.05, 0.1) is 7.11 Å². The zero-order valence-corrected chi connectivity index (χ0v) is 11.6. The van der Waals surface area contributed by atoms with E-state index in [9.17, 15) is 0 Å². The summed E-state index contributed by atoms with van der Waals surface area (Å²) in [5, 5.41) is 0. The van der Waals surface area contributed by atoms with Crippen LogP contribution in [0.2, 0.25) is 0 Å². The zero-order valence-electron chi connectivity index (χ0n) is 11.6. The van der Waals surface area contributed by atoms with Crippen LogP contribution in [0, 0.1) is 5.92 Å². The van der Waals surface area contributed by atoms with Crippen molar-refractivity contribution >= 4 is 0 Å². The summed E-state index contributed by atoms with van der Waals surface area (Å²) in [6.07, 6.45) is 11.2. The predicted molar refractivity (Wildman–Crippen MR) is 77.1 cm³/mol. The third-order valence-corrected chi connectivity index (χ3v) is 4.14. The Morgan fingerprint density at radius 3 is 2.33 bits per heavy atom. The minimum Gasteiger partial charge on any atom is -0.497 e. The maximum Gasteiger partial charge on any atom is 0.118 e. The second-order valence-electron chi connectivity index (χ2n) is 5.30. The molecule has 1 saturated carbocycles. The predicted octanol–water partition coefficient (Wildman–Crippen LogP) is 4.94. The number of ether oxygens (including phenoxy) is 1. The Hall–Kier alpha value is -1.24. The molecular formula is C17H24O. The maximum atomic E-state index is 5.21. The molecule has 0 aromatic heterocycles. The van der Waals surface area contributed by atoms with Crippen molar-refractivity contribution in [3.8, 4) is 5.75 Å². The number of rotatable bonds is 4. The number of methoxy groups -OCH3 is 1. The number of benzene rings is 1. The first-order valence-corrected chi connectivity index (χ1v) is 7.08. The van der Waals surface area contributed by atoms with E-state index in [0.717, 1.165) is 17.6 Å². The molecule has 0 unspecified atom stereocenters. The molecule has 0 heterocycles. The van der Waals surface area contributed by atoms with Crippen molar-refractivity contribution in [1.82, 2.24) is 0 Å². The molecule has 1 nitrogen and oxygen atoms in total. The molecule has 1 heteroatoms. The van der Waals surface area contributed by atoms with Crippen LogP contribution >= 0.6 is 0 Å². The van der Waals surface area contributed by atoms with Crippen molar-refractivity contribution in [2.45, 2.75) is 44.9 Å². The van der Waals surface area contributed by atoms with Gasteiger partial charge in [0, 0.05) is 0 Å². The molecule has 1 fully saturated rings. The van der Waals surface area contributed by atoms with Crippen LogP contribution < -0.4 is 4.74 Å². The first-order valence-electron chi connectivity index (χ1n) is 7.08. The topological polar surface area (TPSA) is 9.23 Å². The molecule has 1 aromatic carbocycles. The highest BCUT2D eigenvalue weighted by atomic mass is 16.5. The first-order chi connectivity index (χ1) is 8.83. The summed E-state index contributed by atoms with van der Waals surface area (Å²) >= 11 is 0. The molecule has 18 heavy (non-hydrogen) atoms. The third kappa shape index (κ3) is 3.38. The minimum absolute atomic E-state index is 0.762. The Kier molecular flexibility index (Phi) is 4.86. The van der Waals surface area contributed by atoms with Crippen LogP contribution in [0.15, 0.2) is 36.4 Å². The standard InChI is InChI=1S/C17H24O/c1-3-4-5-14-6-8-15(9-7-14)16-10-12-17(18-2)13-11-16/h3-4,10-15H,5-9H2,1-2H3. The molecular weight excluding hydrogens is 220 g/mol. The number of hydrogen-bond donors (Lipinski definition) is 0. The number of hydrogen-bond acceptors (Lipinski definition) is 1. The zero-order chi connectivity index (χ0) is 12.8. The van der Waals surface area contributed by atoms with Crippen LogP contribution in [0.4, 0.5) is 0 Å². The van der Waals surface area contributed by atoms with Gasteiger partial charge in [0.15, 0.2) is 0 Å². The monoisotopic (exact) mass is 244 g/mol. The van der Waals surface area contributed by atoms with E-state index in [-0.39, 0.29) is 0 Å². The Balaban J connectivity index is 1.88. The highest BCUT2D eigenvalue weighted by molar-refractivity contribution is 5.29. The SMILES string of the molecule is CC=CCC1CCC(c2ccc(OC)cc2)CC1. The number of allylic oxidation sites excluding steroid dienone is 2. The van der Waals surface area contributed by atoms with E-state index < -0.39 is 0 Å². The second kappa shape index (κ2) is 6.63. The highest BCUT2D eigenvalue weighted by Crippen LogP contribution is 2.37. The molecule has 2 rings (SSSR count). The summed E-state index contributed by atoms with van der Waals surface area (Å²) in [6, 6.07) is 8.63. The van der Waals surface area contributed by atoms with Crippen molar-refractivity contribution in [2.75, 3.05) is 7.11 Å². The van der Waals surface area contributed by atoms with E-state index in [4.69, 9.17) is 4.74 Å². The van der Waals surface area contributed by atoms with Crippen molar-refractivity contribution in [2.24, 2.45) is 5.92 Å². The fourth-order valence-corrected chi connectivity index (χ4v) is 2.94. The fraction of sp³-hybridized carbons (Fsp3) is 0.529. The largest absolute Gasteiger partial charge is 0.497 e. The average molecular weight is 244 g/mol. The summed E-state index contributed by atoms with van der Waals surface area (Å²) < 4.78 is 5.21. The Morgan fingerprint density at radius 1 is 1.11 bits per heavy atom. The lowest BCUT2D eigenvalue weighted by atomic mass is 9.77. The molecule has 0 atom stereocenters. The summed E-state index contributed by atoms with van der Waals surface area (Å²) in [6.45, 7) is 2.11. The lowest BCUT2D eigenvalue weighted by molar-refractivity contribution is 0.328. The van der Waals surface area contributed by atoms with Gasteiger partial charge in [0.1, 0.15) is 5.75 Å². The van der Waals surface area contributed by atoms with Gasteiger partial charge in [-0.2, -0.15) is 0 Å². The minimum atomic E-state index is 0.762. The molecule has 0 bridgehead atoms. The first kappa shape index (κ1) is 13.2. The van der Waals surface area contributed by atoms with E-state index in [2.05, 4.69) is 43.3 Å². The second-order valence-corrected chi connectivity index (χ2v) is 5.30. The van der Waals surface area contributed by atoms with E-state index in [1.165, 1.54) is 37.7 Å². The van der Waals surface area contributed by atoms with Gasteiger partial charge in [-0.1, -0.05) is 24.3 Å². The molecule has 0 aliphatic heterocycles. The molecule has 0 amide bonds. The highest BCUT2D eigenvalue weighted by Gasteiger charge is 2.21. The molecule has 0 saturated heterocycles. The van der Waals surface area contributed by atoms with Gasteiger partial charge in [-0.3, -0.25) is 0 Å². The van der Waals surface area contributed by atoms with Crippen LogP contribution in [0.5, 0.6) is 5.75 Å². The van der Waals surface area contributed by atoms with Crippen molar-refractivity contribution in [3.63, 3.8) is 0 Å². The lowest BCUT2D eigenvalue weighted by Crippen LogP contribution is -2.12. The molecule has 98 valence electrons. The smallest absolute Gasteiger partial charge is 0.118 e. The Labute approximate surface area is 111 Å². The Bertz CT molecular complexity index is 369. The molecule has 0 radical (unpaired) electrons. The van der Waals surface area contributed by atoms with Crippen LogP contribution in [0.3, 0.4) is 0 Å². The normalized spacial score (nSPS) is 24.3. The van der Waals surface area contributed by atoms with Gasteiger partial charge in [0.25, 0.3) is 0 Å². The molecule has 0 N–H and O–H groups in total. The molecule has 1 aliphatic rings. The summed E-state index contributed by atoms with van der Waals surface area (Å²) in [5.41, 5.74) is 1.49. The fourth-order valence-electron chi connectivity index (χ4n) is 2.94. The summed E-state index contributed by atoms with van der Waals surface area (Å²) in [5.74, 6) is 2.63. The lowest BCUT2D eigenvalue weighted by Gasteiger charge is -2.28. The van der Waals surface area contributed by atoms with Gasteiger partial charge >= 0.3 is 0 Å². The van der Waals surface area contributed by atoms with Gasteiger partial charge in [-0.15, -0.1) is 0 Å². The molecule has 1 aromatic rings. The molecule has 1 aliphatic carbocycles. The van der Waals surface area contributed by atoms with Gasteiger partial charge in [-0.25, -0.2) is 0 Å². The van der Waals surface area contributed by atoms with Gasteiger partial charge in [0.2, 0.25) is 0 Å². The van der Waals surface area contributed by atoms with E-state index in [1.54, 1.807) is 7.11 Å². The van der Waals surface area contributed by atoms with Crippen molar-refractivity contribution in [1.29, 1.82) is 0 Å². The van der Waals surface area contributed by atoms with E-state index in [1.807, 2.05) is 0 Å². The Morgan fingerprint density at radius 2 is 1.78 bits per heavy atom. The molecule has 0 spiro atoms. The van der Waals surface area contributed by atoms with E-state index in [0.29, 0.717) is 0 Å². The van der Waals surface area contributed by atoms with Crippen LogP contribution in [-0.2, 0) is 0 Å².